The van der Waals surface area contributed by atoms with Gasteiger partial charge in [-0.3, -0.25) is 14.2 Å². The van der Waals surface area contributed by atoms with Crippen molar-refractivity contribution in [2.45, 2.75) is 70.8 Å². The second-order valence-electron chi connectivity index (χ2n) is 11.3. The third kappa shape index (κ3) is 18.7. The van der Waals surface area contributed by atoms with Gasteiger partial charge in [0.2, 0.25) is 0 Å². The van der Waals surface area contributed by atoms with Crippen LogP contribution in [0.3, 0.4) is 0 Å². The van der Waals surface area contributed by atoms with E-state index in [1.807, 2.05) is 43.7 Å². The van der Waals surface area contributed by atoms with Gasteiger partial charge in [-0.2, -0.15) is 0 Å². The van der Waals surface area contributed by atoms with Gasteiger partial charge in [-0.15, -0.1) is 0 Å². The SMILES string of the molecule is CC(=O)O[C@H](COCCCCCCCCCCCNC(=O)c1ccc(N=[N+]=[N-])c([125I])c1O)COP(=O)([O-])OCC[N+](C)(C)C. The molecule has 250 valence electrons. The Hall–Kier alpha value is -1.97. The molecule has 0 bridgehead atoms. The maximum Gasteiger partial charge on any atom is 0.303 e. The van der Waals surface area contributed by atoms with Gasteiger partial charge in [0.05, 0.1) is 49.2 Å². The van der Waals surface area contributed by atoms with Gasteiger partial charge in [-0.05, 0) is 47.0 Å². The molecule has 0 spiro atoms. The number of likely N-dealkylation sites (N-methyl/N-ethyl adjacent to an activating group) is 1. The quantitative estimate of drug-likeness (QED) is 0.0205. The summed E-state index contributed by atoms with van der Waals surface area (Å²) < 4.78 is 33.3. The highest BCUT2D eigenvalue weighted by atomic mass is 125. The number of hydrogen-bond donors (Lipinski definition) is 2. The Morgan fingerprint density at radius 3 is 2.25 bits per heavy atom. The zero-order valence-corrected chi connectivity index (χ0v) is 29.2. The number of nitrogens with zero attached hydrogens (tertiary/aromatic N) is 4. The van der Waals surface area contributed by atoms with E-state index in [1.54, 1.807) is 0 Å². The molecule has 0 saturated heterocycles. The number of amides is 1. The standard InChI is InChI=1S/C28H47IN5O9P/c1-22(35)43-23(21-42-44(38,39)41-19-17-34(2,3)4)20-40-18-13-11-9-7-5-6-8-10-12-16-31-28(37)24-14-15-25(32-33-30)26(29)27(24)36/h14-15,23H,5-13,16-21H2,1-4H3,(H2-,31,36,37,38,39)/t23-/m1/s1/i29-2. The Bertz CT molecular complexity index is 1130. The van der Waals surface area contributed by atoms with Crippen LogP contribution in [0.25, 0.3) is 10.4 Å². The lowest BCUT2D eigenvalue weighted by molar-refractivity contribution is -0.870. The van der Waals surface area contributed by atoms with E-state index in [1.165, 1.54) is 19.1 Å². The number of phosphoric ester groups is 1. The van der Waals surface area contributed by atoms with Gasteiger partial charge in [-0.25, -0.2) is 0 Å². The number of carbonyl (C=O) groups is 2. The van der Waals surface area contributed by atoms with Crippen LogP contribution < -0.4 is 10.2 Å². The van der Waals surface area contributed by atoms with Gasteiger partial charge in [0.25, 0.3) is 13.7 Å². The first-order valence-electron chi connectivity index (χ1n) is 14.8. The molecule has 1 aromatic rings. The van der Waals surface area contributed by atoms with Crippen molar-refractivity contribution in [1.82, 2.24) is 5.32 Å². The summed E-state index contributed by atoms with van der Waals surface area (Å²) in [5.41, 5.74) is 8.98. The van der Waals surface area contributed by atoms with Crippen molar-refractivity contribution in [2.24, 2.45) is 5.11 Å². The molecule has 2 atom stereocenters. The second-order valence-corrected chi connectivity index (χ2v) is 13.8. The second kappa shape index (κ2) is 21.7. The van der Waals surface area contributed by atoms with Crippen LogP contribution >= 0.6 is 30.4 Å². The van der Waals surface area contributed by atoms with Crippen molar-refractivity contribution in [2.75, 3.05) is 60.7 Å². The Morgan fingerprint density at radius 2 is 1.66 bits per heavy atom. The molecule has 14 nitrogen and oxygen atoms in total. The summed E-state index contributed by atoms with van der Waals surface area (Å²) in [5.74, 6) is -1.11. The summed E-state index contributed by atoms with van der Waals surface area (Å²) in [6.07, 6.45) is 8.29. The molecule has 0 fully saturated rings. The average molecular weight is 754 g/mol. The van der Waals surface area contributed by atoms with E-state index in [0.29, 0.717) is 27.7 Å². The highest BCUT2D eigenvalue weighted by molar-refractivity contribution is 14.1. The zero-order valence-electron chi connectivity index (χ0n) is 26.2. The first-order chi connectivity index (χ1) is 20.8. The van der Waals surface area contributed by atoms with Crippen LogP contribution in [0, 0.1) is 3.57 Å². The molecular formula is C28H47IN5O9P. The molecular weight excluding hydrogens is 706 g/mol. The van der Waals surface area contributed by atoms with Gasteiger partial charge in [0.1, 0.15) is 25.0 Å². The summed E-state index contributed by atoms with van der Waals surface area (Å²) in [4.78, 5) is 38.4. The van der Waals surface area contributed by atoms with Gasteiger partial charge in [0, 0.05) is 25.0 Å². The molecule has 0 radical (unpaired) electrons. The molecule has 1 amide bonds. The molecule has 1 aromatic carbocycles. The molecule has 2 N–H and O–H groups in total. The number of halogens is 1. The van der Waals surface area contributed by atoms with E-state index in [9.17, 15) is 24.2 Å². The lowest BCUT2D eigenvalue weighted by Crippen LogP contribution is -2.37. The first kappa shape index (κ1) is 40.1. The van der Waals surface area contributed by atoms with Crippen LogP contribution in [0.4, 0.5) is 5.69 Å². The molecule has 16 heteroatoms. The summed E-state index contributed by atoms with van der Waals surface area (Å²) in [7, 11) is 1.23. The fourth-order valence-electron chi connectivity index (χ4n) is 3.93. The summed E-state index contributed by atoms with van der Waals surface area (Å²) >= 11 is 1.84. The Labute approximate surface area is 273 Å². The van der Waals surface area contributed by atoms with Crippen molar-refractivity contribution < 1.29 is 47.2 Å². The highest BCUT2D eigenvalue weighted by Gasteiger charge is 2.19. The topological polar surface area (TPSA) is 192 Å². The molecule has 0 saturated carbocycles. The predicted octanol–water partition coefficient (Wildman–Crippen LogP) is 5.34. The normalized spacial score (nSPS) is 13.5. The van der Waals surface area contributed by atoms with E-state index >= 15 is 0 Å². The Balaban J connectivity index is 2.10. The van der Waals surface area contributed by atoms with Gasteiger partial charge in [-0.1, -0.05) is 56.1 Å². The fourth-order valence-corrected chi connectivity index (χ4v) is 5.24. The predicted molar refractivity (Wildman–Crippen MR) is 172 cm³/mol. The fraction of sp³-hybridized carbons (Fsp3) is 0.714. The van der Waals surface area contributed by atoms with Crippen molar-refractivity contribution in [3.63, 3.8) is 0 Å². The number of carbonyl (C=O) groups excluding carboxylic acids is 2. The number of rotatable bonds is 24. The minimum Gasteiger partial charge on any atom is -0.756 e. The molecule has 0 aromatic heterocycles. The van der Waals surface area contributed by atoms with Crippen LogP contribution in [0.15, 0.2) is 17.2 Å². The van der Waals surface area contributed by atoms with E-state index in [2.05, 4.69) is 15.3 Å². The van der Waals surface area contributed by atoms with E-state index < -0.39 is 19.9 Å². The van der Waals surface area contributed by atoms with Crippen molar-refractivity contribution in [1.29, 1.82) is 0 Å². The third-order valence-electron chi connectivity index (χ3n) is 6.31. The number of phosphoric acid groups is 1. The number of phenolic OH excluding ortho intramolecular Hbond substituents is 1. The summed E-state index contributed by atoms with van der Waals surface area (Å²) in [6, 6.07) is 2.95. The van der Waals surface area contributed by atoms with Crippen LogP contribution in [-0.2, 0) is 27.9 Å². The summed E-state index contributed by atoms with van der Waals surface area (Å²) in [5, 5.41) is 16.5. The lowest BCUT2D eigenvalue weighted by atomic mass is 10.1. The molecule has 0 aliphatic carbocycles. The van der Waals surface area contributed by atoms with Crippen LogP contribution in [-0.4, -0.2) is 88.2 Å². The average Bonchev–Trinajstić information content (AvgIpc) is 2.93. The van der Waals surface area contributed by atoms with E-state index in [-0.39, 0.29) is 42.7 Å². The number of hydrogen-bond acceptors (Lipinski definition) is 10. The van der Waals surface area contributed by atoms with Crippen LogP contribution in [0.5, 0.6) is 5.75 Å². The number of unbranched alkanes of at least 4 members (excludes halogenated alkanes) is 8. The number of benzene rings is 1. The monoisotopic (exact) mass is 753 g/mol. The number of azide groups is 1. The van der Waals surface area contributed by atoms with Crippen molar-refractivity contribution >= 4 is 48.0 Å². The van der Waals surface area contributed by atoms with Crippen molar-refractivity contribution in [3.8, 4) is 5.75 Å². The van der Waals surface area contributed by atoms with Crippen LogP contribution in [0.1, 0.15) is 75.1 Å². The molecule has 44 heavy (non-hydrogen) atoms. The molecule has 0 aliphatic heterocycles. The first-order valence-corrected chi connectivity index (χ1v) is 17.3. The van der Waals surface area contributed by atoms with Crippen LogP contribution in [0.2, 0.25) is 0 Å². The smallest absolute Gasteiger partial charge is 0.303 e. The minimum atomic E-state index is -4.51. The van der Waals surface area contributed by atoms with Gasteiger partial charge >= 0.3 is 5.97 Å². The highest BCUT2D eigenvalue weighted by Crippen LogP contribution is 2.38. The molecule has 0 heterocycles. The number of phenols is 1. The molecule has 1 rings (SSSR count). The minimum absolute atomic E-state index is 0.00930. The van der Waals surface area contributed by atoms with Gasteiger partial charge in [0.15, 0.2) is 0 Å². The number of quaternary nitrogens is 1. The number of ether oxygens (including phenoxy) is 2. The zero-order chi connectivity index (χ0) is 33.0. The third-order valence-corrected chi connectivity index (χ3v) is 8.34. The van der Waals surface area contributed by atoms with E-state index in [4.69, 9.17) is 24.1 Å². The maximum atomic E-state index is 12.3. The van der Waals surface area contributed by atoms with Crippen molar-refractivity contribution in [3.05, 3.63) is 31.7 Å². The number of aromatic hydroxyl groups is 1. The molecule has 1 unspecified atom stereocenters. The largest absolute Gasteiger partial charge is 0.756 e. The maximum absolute atomic E-state index is 12.3. The number of esters is 1. The Morgan fingerprint density at radius 1 is 1.05 bits per heavy atom. The van der Waals surface area contributed by atoms with E-state index in [0.717, 1.165) is 57.8 Å². The Kier molecular flexibility index (Phi) is 19.8. The summed E-state index contributed by atoms with van der Waals surface area (Å²) in [6.45, 7) is 2.36. The van der Waals surface area contributed by atoms with Gasteiger partial charge < -0.3 is 38.3 Å². The lowest BCUT2D eigenvalue weighted by Gasteiger charge is -2.28. The number of nitrogens with one attached hydrogen (secondary N) is 1. The molecule has 0 aliphatic rings.